The van der Waals surface area contributed by atoms with E-state index in [4.69, 9.17) is 16.1 Å². The van der Waals surface area contributed by atoms with E-state index in [1.54, 1.807) is 0 Å². The number of benzene rings is 2. The van der Waals surface area contributed by atoms with Gasteiger partial charge in [0.05, 0.1) is 0 Å². The minimum absolute atomic E-state index is 0.352. The van der Waals surface area contributed by atoms with Gasteiger partial charge >= 0.3 is 0 Å². The van der Waals surface area contributed by atoms with E-state index in [0.29, 0.717) is 8.81 Å². The van der Waals surface area contributed by atoms with Crippen LogP contribution < -0.4 is 9.83 Å². The Morgan fingerprint density at radius 3 is 2.80 bits per heavy atom. The van der Waals surface area contributed by atoms with Crippen LogP contribution in [0.25, 0.3) is 11.1 Å². The summed E-state index contributed by atoms with van der Waals surface area (Å²) < 4.78 is 5.67. The molecule has 0 N–H and O–H groups in total. The number of para-hydroxylation sites is 1. The van der Waals surface area contributed by atoms with Crippen LogP contribution in [0.5, 0.6) is 5.75 Å². The molecule has 1 unspecified atom stereocenters. The molecule has 1 aliphatic rings. The van der Waals surface area contributed by atoms with Crippen molar-refractivity contribution in [3.05, 3.63) is 47.5 Å². The summed E-state index contributed by atoms with van der Waals surface area (Å²) in [5, 5.41) is 1.98. The molecule has 2 aromatic rings. The van der Waals surface area contributed by atoms with Crippen molar-refractivity contribution < 1.29 is 4.52 Å². The smallest absolute Gasteiger partial charge is 0.131 e. The maximum Gasteiger partial charge on any atom is 0.131 e. The molecule has 2 aromatic carbocycles. The summed E-state index contributed by atoms with van der Waals surface area (Å²) in [4.78, 5) is 0. The average molecular weight is 235 g/mol. The van der Waals surface area contributed by atoms with Crippen LogP contribution in [0, 0.1) is 0 Å². The van der Waals surface area contributed by atoms with Gasteiger partial charge < -0.3 is 4.52 Å². The highest BCUT2D eigenvalue weighted by Crippen LogP contribution is 2.42. The fourth-order valence-corrected chi connectivity index (χ4v) is 3.04. The number of rotatable bonds is 0. The summed E-state index contributed by atoms with van der Waals surface area (Å²) in [6.45, 7) is 0. The molecule has 1 heterocycles. The molecular weight excluding hydrogens is 227 g/mol. The molecule has 0 bridgehead atoms. The first-order valence-electron chi connectivity index (χ1n) is 4.67. The molecule has 0 saturated carbocycles. The summed E-state index contributed by atoms with van der Waals surface area (Å²) in [6.07, 6.45) is 0. The van der Waals surface area contributed by atoms with E-state index in [1.807, 2.05) is 36.4 Å². The minimum Gasteiger partial charge on any atom is -0.472 e. The normalized spacial score (nSPS) is 14.2. The van der Waals surface area contributed by atoms with Crippen LogP contribution in [0.3, 0.4) is 0 Å². The Balaban J connectivity index is 2.33. The second kappa shape index (κ2) is 3.52. The lowest BCUT2D eigenvalue weighted by Gasteiger charge is -2.20. The second-order valence-corrected chi connectivity index (χ2v) is 4.72. The standard InChI is InChI=1S/C12H8ClOP/c13-9-5-3-7-11-12(9)8-4-1-2-6-10(8)14-15-11/h1-7,15H. The van der Waals surface area contributed by atoms with E-state index in [0.717, 1.165) is 21.9 Å². The molecule has 74 valence electrons. The fraction of sp³-hybridized carbons (Fsp3) is 0. The molecule has 0 amide bonds. The molecule has 3 rings (SSSR count). The van der Waals surface area contributed by atoms with E-state index >= 15 is 0 Å². The maximum absolute atomic E-state index is 6.22. The van der Waals surface area contributed by atoms with E-state index in [1.165, 1.54) is 5.30 Å². The monoisotopic (exact) mass is 234 g/mol. The Kier molecular flexibility index (Phi) is 2.16. The van der Waals surface area contributed by atoms with Crippen LogP contribution in [0.2, 0.25) is 5.02 Å². The van der Waals surface area contributed by atoms with Crippen molar-refractivity contribution in [2.24, 2.45) is 0 Å². The van der Waals surface area contributed by atoms with Crippen molar-refractivity contribution in [1.82, 2.24) is 0 Å². The molecule has 0 aliphatic carbocycles. The van der Waals surface area contributed by atoms with Gasteiger partial charge in [-0.3, -0.25) is 0 Å². The van der Waals surface area contributed by atoms with Crippen LogP contribution in [0.1, 0.15) is 0 Å². The number of hydrogen-bond donors (Lipinski definition) is 0. The predicted octanol–water partition coefficient (Wildman–Crippen LogP) is 3.62. The molecule has 3 heteroatoms. The molecule has 0 radical (unpaired) electrons. The van der Waals surface area contributed by atoms with Gasteiger partial charge in [0.25, 0.3) is 0 Å². The second-order valence-electron chi connectivity index (χ2n) is 3.36. The summed E-state index contributed by atoms with van der Waals surface area (Å²) in [6, 6.07) is 14.0. The van der Waals surface area contributed by atoms with Crippen molar-refractivity contribution in [2.75, 3.05) is 0 Å². The zero-order valence-corrected chi connectivity index (χ0v) is 9.58. The first-order chi connectivity index (χ1) is 7.36. The molecule has 15 heavy (non-hydrogen) atoms. The van der Waals surface area contributed by atoms with Crippen molar-refractivity contribution in [1.29, 1.82) is 0 Å². The SMILES string of the molecule is Clc1cccc2c1-c1ccccc1OP2. The molecule has 1 aliphatic heterocycles. The van der Waals surface area contributed by atoms with Crippen molar-refractivity contribution in [3.63, 3.8) is 0 Å². The Labute approximate surface area is 94.9 Å². The average Bonchev–Trinajstić information content (AvgIpc) is 2.29. The van der Waals surface area contributed by atoms with Crippen LogP contribution in [0.15, 0.2) is 42.5 Å². The van der Waals surface area contributed by atoms with Gasteiger partial charge in [0.15, 0.2) is 0 Å². The summed E-state index contributed by atoms with van der Waals surface area (Å²) in [5.74, 6) is 0.927. The predicted molar refractivity (Wildman–Crippen MR) is 65.5 cm³/mol. The van der Waals surface area contributed by atoms with Gasteiger partial charge in [0.2, 0.25) is 0 Å². The maximum atomic E-state index is 6.22. The highest BCUT2D eigenvalue weighted by atomic mass is 35.5. The lowest BCUT2D eigenvalue weighted by atomic mass is 10.0. The third kappa shape index (κ3) is 1.43. The van der Waals surface area contributed by atoms with E-state index < -0.39 is 0 Å². The lowest BCUT2D eigenvalue weighted by Crippen LogP contribution is -2.07. The summed E-state index contributed by atoms with van der Waals surface area (Å²) in [5.41, 5.74) is 2.22. The van der Waals surface area contributed by atoms with Gasteiger partial charge in [-0.05, 0) is 12.1 Å². The van der Waals surface area contributed by atoms with Gasteiger partial charge in [-0.25, -0.2) is 0 Å². The molecular formula is C12H8ClOP. The van der Waals surface area contributed by atoms with E-state index in [9.17, 15) is 0 Å². The zero-order chi connectivity index (χ0) is 10.3. The van der Waals surface area contributed by atoms with E-state index in [2.05, 4.69) is 6.07 Å². The van der Waals surface area contributed by atoms with Gasteiger partial charge in [-0.2, -0.15) is 0 Å². The Morgan fingerprint density at radius 2 is 1.87 bits per heavy atom. The molecule has 0 aromatic heterocycles. The number of fused-ring (bicyclic) bond motifs is 3. The minimum atomic E-state index is 0.352. The lowest BCUT2D eigenvalue weighted by molar-refractivity contribution is 0.638. The van der Waals surface area contributed by atoms with Crippen molar-refractivity contribution in [2.45, 2.75) is 0 Å². The third-order valence-electron chi connectivity index (χ3n) is 2.44. The zero-order valence-electron chi connectivity index (χ0n) is 7.83. The van der Waals surface area contributed by atoms with Crippen LogP contribution in [-0.2, 0) is 0 Å². The van der Waals surface area contributed by atoms with Crippen molar-refractivity contribution >= 4 is 25.7 Å². The van der Waals surface area contributed by atoms with Gasteiger partial charge in [0, 0.05) is 21.5 Å². The highest BCUT2D eigenvalue weighted by molar-refractivity contribution is 7.43. The van der Waals surface area contributed by atoms with Crippen LogP contribution in [-0.4, -0.2) is 0 Å². The fourth-order valence-electron chi connectivity index (χ4n) is 1.76. The largest absolute Gasteiger partial charge is 0.472 e. The Bertz CT molecular complexity index is 525. The van der Waals surface area contributed by atoms with Crippen LogP contribution >= 0.6 is 20.4 Å². The molecule has 1 atom stereocenters. The molecule has 0 spiro atoms. The van der Waals surface area contributed by atoms with E-state index in [-0.39, 0.29) is 0 Å². The Morgan fingerprint density at radius 1 is 1.00 bits per heavy atom. The van der Waals surface area contributed by atoms with Crippen LogP contribution in [0.4, 0.5) is 0 Å². The highest BCUT2D eigenvalue weighted by Gasteiger charge is 2.18. The van der Waals surface area contributed by atoms with Gasteiger partial charge in [0.1, 0.15) is 14.6 Å². The first kappa shape index (κ1) is 9.21. The summed E-state index contributed by atoms with van der Waals surface area (Å²) in [7, 11) is 0.352. The van der Waals surface area contributed by atoms with Gasteiger partial charge in [-0.1, -0.05) is 41.9 Å². The quantitative estimate of drug-likeness (QED) is 0.633. The molecule has 0 fully saturated rings. The number of hydrogen-bond acceptors (Lipinski definition) is 1. The Hall–Kier alpha value is -1.04. The third-order valence-corrected chi connectivity index (χ3v) is 3.71. The number of halogens is 1. The molecule has 0 saturated heterocycles. The van der Waals surface area contributed by atoms with Crippen molar-refractivity contribution in [3.8, 4) is 16.9 Å². The first-order valence-corrected chi connectivity index (χ1v) is 5.95. The topological polar surface area (TPSA) is 9.23 Å². The molecule has 1 nitrogen and oxygen atoms in total. The summed E-state index contributed by atoms with van der Waals surface area (Å²) >= 11 is 6.22. The van der Waals surface area contributed by atoms with Gasteiger partial charge in [-0.15, -0.1) is 0 Å².